The van der Waals surface area contributed by atoms with Gasteiger partial charge in [0.25, 0.3) is 0 Å². The third-order valence-electron chi connectivity index (χ3n) is 3.68. The minimum atomic E-state index is -0.0685. The van der Waals surface area contributed by atoms with Gasteiger partial charge in [-0.25, -0.2) is 0 Å². The molecule has 0 spiro atoms. The van der Waals surface area contributed by atoms with E-state index >= 15 is 0 Å². The lowest BCUT2D eigenvalue weighted by Crippen LogP contribution is -2.13. The molecular formula is C19H16O2. The van der Waals surface area contributed by atoms with Crippen molar-refractivity contribution < 1.29 is 4.42 Å². The second-order valence-electron chi connectivity index (χ2n) is 5.06. The van der Waals surface area contributed by atoms with Crippen LogP contribution in [-0.2, 0) is 0 Å². The van der Waals surface area contributed by atoms with Crippen LogP contribution in [0.1, 0.15) is 18.4 Å². The van der Waals surface area contributed by atoms with E-state index in [0.717, 1.165) is 5.56 Å². The average molecular weight is 276 g/mol. The van der Waals surface area contributed by atoms with Crippen LogP contribution >= 0.6 is 0 Å². The Hall–Kier alpha value is -2.61. The molecule has 0 radical (unpaired) electrons. The lowest BCUT2D eigenvalue weighted by Gasteiger charge is -2.13. The van der Waals surface area contributed by atoms with E-state index in [2.05, 4.69) is 6.58 Å². The van der Waals surface area contributed by atoms with Crippen LogP contribution in [0, 0.1) is 0 Å². The summed E-state index contributed by atoms with van der Waals surface area (Å²) in [6.45, 7) is 5.77. The second kappa shape index (κ2) is 5.41. The van der Waals surface area contributed by atoms with Crippen molar-refractivity contribution in [1.82, 2.24) is 0 Å². The van der Waals surface area contributed by atoms with Crippen molar-refractivity contribution in [3.05, 3.63) is 83.0 Å². The largest absolute Gasteiger partial charge is 0.456 e. The summed E-state index contributed by atoms with van der Waals surface area (Å²) in [5.41, 5.74) is 2.20. The highest BCUT2D eigenvalue weighted by atomic mass is 16.3. The van der Waals surface area contributed by atoms with Crippen LogP contribution in [0.4, 0.5) is 0 Å². The predicted molar refractivity (Wildman–Crippen MR) is 86.5 cm³/mol. The first-order valence-corrected chi connectivity index (χ1v) is 6.96. The second-order valence-corrected chi connectivity index (χ2v) is 5.06. The number of benzene rings is 2. The Bertz CT molecular complexity index is 844. The van der Waals surface area contributed by atoms with Crippen LogP contribution in [0.15, 0.2) is 76.5 Å². The monoisotopic (exact) mass is 276 g/mol. The van der Waals surface area contributed by atoms with Crippen molar-refractivity contribution in [1.29, 1.82) is 0 Å². The third kappa shape index (κ3) is 2.29. The summed E-state index contributed by atoms with van der Waals surface area (Å²) >= 11 is 0. The molecule has 2 aromatic carbocycles. The summed E-state index contributed by atoms with van der Waals surface area (Å²) in [5, 5.41) is 0.612. The molecule has 0 N–H and O–H groups in total. The molecule has 21 heavy (non-hydrogen) atoms. The van der Waals surface area contributed by atoms with Crippen molar-refractivity contribution in [2.24, 2.45) is 0 Å². The molecule has 1 atom stereocenters. The van der Waals surface area contributed by atoms with Crippen molar-refractivity contribution in [2.75, 3.05) is 0 Å². The van der Waals surface area contributed by atoms with Gasteiger partial charge in [0.05, 0.1) is 10.9 Å². The van der Waals surface area contributed by atoms with Crippen LogP contribution in [0.3, 0.4) is 0 Å². The lowest BCUT2D eigenvalue weighted by molar-refractivity contribution is 0.607. The first-order valence-electron chi connectivity index (χ1n) is 6.96. The Balaban J connectivity index is 2.42. The molecule has 0 aliphatic heterocycles. The van der Waals surface area contributed by atoms with Gasteiger partial charge >= 0.3 is 0 Å². The molecule has 0 amide bonds. The Morgan fingerprint density at radius 1 is 1.05 bits per heavy atom. The van der Waals surface area contributed by atoms with E-state index in [1.54, 1.807) is 12.1 Å². The van der Waals surface area contributed by atoms with Crippen LogP contribution in [-0.4, -0.2) is 0 Å². The van der Waals surface area contributed by atoms with Gasteiger partial charge < -0.3 is 4.42 Å². The summed E-state index contributed by atoms with van der Waals surface area (Å²) in [6, 6.07) is 17.1. The van der Waals surface area contributed by atoms with E-state index in [4.69, 9.17) is 4.42 Å². The van der Waals surface area contributed by atoms with Gasteiger partial charge in [-0.1, -0.05) is 55.5 Å². The van der Waals surface area contributed by atoms with Crippen LogP contribution in [0.25, 0.3) is 22.3 Å². The number of hydrogen-bond donors (Lipinski definition) is 0. The number of para-hydroxylation sites is 1. The maximum atomic E-state index is 12.8. The van der Waals surface area contributed by atoms with Gasteiger partial charge in [-0.2, -0.15) is 0 Å². The Kier molecular flexibility index (Phi) is 3.44. The third-order valence-corrected chi connectivity index (χ3v) is 3.68. The molecule has 3 aromatic rings. The Labute approximate surface area is 123 Å². The minimum absolute atomic E-state index is 0.0168. The molecule has 3 rings (SSSR count). The Morgan fingerprint density at radius 2 is 1.71 bits per heavy atom. The highest BCUT2D eigenvalue weighted by Crippen LogP contribution is 2.30. The van der Waals surface area contributed by atoms with E-state index in [9.17, 15) is 4.79 Å². The summed E-state index contributed by atoms with van der Waals surface area (Å²) in [6.07, 6.45) is 1.77. The first kappa shape index (κ1) is 13.4. The van der Waals surface area contributed by atoms with Gasteiger partial charge in [-0.05, 0) is 12.1 Å². The van der Waals surface area contributed by atoms with Crippen LogP contribution in [0.2, 0.25) is 0 Å². The molecule has 1 heterocycles. The molecular weight excluding hydrogens is 260 g/mol. The van der Waals surface area contributed by atoms with Gasteiger partial charge in [-0.15, -0.1) is 6.58 Å². The molecule has 0 saturated heterocycles. The van der Waals surface area contributed by atoms with Gasteiger partial charge in [0.2, 0.25) is 0 Å². The molecule has 0 saturated carbocycles. The van der Waals surface area contributed by atoms with Gasteiger partial charge in [-0.3, -0.25) is 4.79 Å². The number of hydrogen-bond acceptors (Lipinski definition) is 2. The van der Waals surface area contributed by atoms with Crippen molar-refractivity contribution in [2.45, 2.75) is 12.8 Å². The van der Waals surface area contributed by atoms with E-state index in [0.29, 0.717) is 22.3 Å². The molecule has 104 valence electrons. The highest BCUT2D eigenvalue weighted by molar-refractivity contribution is 5.80. The fraction of sp³-hybridized carbons (Fsp3) is 0.105. The van der Waals surface area contributed by atoms with Gasteiger partial charge in [0, 0.05) is 11.5 Å². The number of rotatable bonds is 3. The maximum absolute atomic E-state index is 12.8. The van der Waals surface area contributed by atoms with Gasteiger partial charge in [0.1, 0.15) is 11.3 Å². The average Bonchev–Trinajstić information content (AvgIpc) is 2.55. The summed E-state index contributed by atoms with van der Waals surface area (Å²) < 4.78 is 6.04. The smallest absolute Gasteiger partial charge is 0.197 e. The zero-order chi connectivity index (χ0) is 14.8. The Morgan fingerprint density at radius 3 is 2.43 bits per heavy atom. The van der Waals surface area contributed by atoms with Crippen LogP contribution < -0.4 is 5.43 Å². The summed E-state index contributed by atoms with van der Waals surface area (Å²) in [7, 11) is 0. The van der Waals surface area contributed by atoms with E-state index in [-0.39, 0.29) is 11.3 Å². The normalized spacial score (nSPS) is 12.2. The van der Waals surface area contributed by atoms with E-state index < -0.39 is 0 Å². The molecule has 1 aromatic heterocycles. The fourth-order valence-electron chi connectivity index (χ4n) is 2.49. The minimum Gasteiger partial charge on any atom is -0.456 e. The van der Waals surface area contributed by atoms with Crippen molar-refractivity contribution in [3.63, 3.8) is 0 Å². The van der Waals surface area contributed by atoms with E-state index in [1.165, 1.54) is 0 Å². The molecule has 1 unspecified atom stereocenters. The summed E-state index contributed by atoms with van der Waals surface area (Å²) in [5.74, 6) is 0.563. The van der Waals surface area contributed by atoms with Gasteiger partial charge in [0.15, 0.2) is 5.43 Å². The van der Waals surface area contributed by atoms with Crippen LogP contribution in [0.5, 0.6) is 0 Å². The quantitative estimate of drug-likeness (QED) is 0.646. The van der Waals surface area contributed by atoms with E-state index in [1.807, 2.05) is 55.5 Å². The molecule has 0 aliphatic rings. The molecule has 0 fully saturated rings. The number of fused-ring (bicyclic) bond motifs is 1. The highest BCUT2D eigenvalue weighted by Gasteiger charge is 2.18. The van der Waals surface area contributed by atoms with Crippen molar-refractivity contribution >= 4 is 11.0 Å². The predicted octanol–water partition coefficient (Wildman–Crippen LogP) is 4.75. The molecule has 2 heteroatoms. The molecule has 2 nitrogen and oxygen atoms in total. The zero-order valence-electron chi connectivity index (χ0n) is 11.9. The maximum Gasteiger partial charge on any atom is 0.197 e. The van der Waals surface area contributed by atoms with Crippen molar-refractivity contribution in [3.8, 4) is 11.3 Å². The summed E-state index contributed by atoms with van der Waals surface area (Å²) in [4.78, 5) is 12.8. The lowest BCUT2D eigenvalue weighted by atomic mass is 9.95. The zero-order valence-corrected chi connectivity index (χ0v) is 11.9. The standard InChI is InChI=1S/C19H16O2/c1-3-13(2)17-18(20)15-11-7-8-12-16(15)21-19(17)14-9-5-4-6-10-14/h3-13H,1H2,2H3. The first-order chi connectivity index (χ1) is 10.2. The molecule has 0 bridgehead atoms. The SMILES string of the molecule is C=CC(C)c1c(-c2ccccc2)oc2ccccc2c1=O. The molecule has 0 aliphatic carbocycles. The number of allylic oxidation sites excluding steroid dienone is 1. The topological polar surface area (TPSA) is 30.2 Å². The fourth-order valence-corrected chi connectivity index (χ4v) is 2.49.